The first kappa shape index (κ1) is 16.3. The van der Waals surface area contributed by atoms with Crippen molar-refractivity contribution in [3.05, 3.63) is 65.0 Å². The Hall–Kier alpha value is -2.57. The topological polar surface area (TPSA) is 38.3 Å². The van der Waals surface area contributed by atoms with Crippen molar-refractivity contribution >= 4 is 5.91 Å². The Morgan fingerprint density at radius 1 is 1.21 bits per heavy atom. The number of rotatable bonds is 3. The minimum Gasteiger partial charge on any atom is -0.488 e. The van der Waals surface area contributed by atoms with E-state index in [0.29, 0.717) is 17.7 Å². The van der Waals surface area contributed by atoms with E-state index >= 15 is 0 Å². The van der Waals surface area contributed by atoms with Crippen LogP contribution in [0.25, 0.3) is 0 Å². The zero-order chi connectivity index (χ0) is 17.3. The second kappa shape index (κ2) is 6.14. The van der Waals surface area contributed by atoms with Gasteiger partial charge in [-0.3, -0.25) is 4.79 Å². The van der Waals surface area contributed by atoms with E-state index in [2.05, 4.69) is 5.32 Å². The number of amides is 1. The predicted molar refractivity (Wildman–Crippen MR) is 78.3 cm³/mol. The first-order valence-corrected chi connectivity index (χ1v) is 7.24. The fourth-order valence-corrected chi connectivity index (χ4v) is 2.63. The van der Waals surface area contributed by atoms with E-state index in [1.54, 1.807) is 0 Å². The highest BCUT2D eigenvalue weighted by Gasteiger charge is 2.35. The number of ether oxygens (including phenoxy) is 1. The number of halogens is 4. The number of benzene rings is 2. The molecule has 0 aliphatic carbocycles. The van der Waals surface area contributed by atoms with Crippen molar-refractivity contribution < 1.29 is 27.1 Å². The summed E-state index contributed by atoms with van der Waals surface area (Å²) in [5, 5.41) is 2.45. The Bertz CT molecular complexity index is 773. The minimum absolute atomic E-state index is 0.0291. The molecule has 126 valence electrons. The van der Waals surface area contributed by atoms with Crippen LogP contribution in [0.5, 0.6) is 5.75 Å². The van der Waals surface area contributed by atoms with E-state index in [4.69, 9.17) is 4.74 Å². The molecule has 3 rings (SSSR count). The fraction of sp³-hybridized carbons (Fsp3) is 0.235. The monoisotopic (exact) mass is 339 g/mol. The molecule has 0 fully saturated rings. The van der Waals surface area contributed by atoms with Gasteiger partial charge in [-0.05, 0) is 30.3 Å². The highest BCUT2D eigenvalue weighted by atomic mass is 19.4. The molecule has 1 heterocycles. The standard InChI is InChI=1S/C17H13F4NO2/c18-11-5-6-15-10(7-11)8-12(24-15)9-22-16(23)13-3-1-2-4-14(13)17(19,20)21/h1-7,12H,8-9H2,(H,22,23). The highest BCUT2D eigenvalue weighted by Crippen LogP contribution is 2.32. The summed E-state index contributed by atoms with van der Waals surface area (Å²) in [4.78, 5) is 12.1. The van der Waals surface area contributed by atoms with Gasteiger partial charge in [-0.25, -0.2) is 4.39 Å². The third-order valence-corrected chi connectivity index (χ3v) is 3.73. The predicted octanol–water partition coefficient (Wildman–Crippen LogP) is 3.58. The smallest absolute Gasteiger partial charge is 0.417 e. The lowest BCUT2D eigenvalue weighted by Gasteiger charge is -2.15. The van der Waals surface area contributed by atoms with Crippen molar-refractivity contribution in [1.82, 2.24) is 5.32 Å². The maximum Gasteiger partial charge on any atom is 0.417 e. The first-order chi connectivity index (χ1) is 11.3. The molecule has 24 heavy (non-hydrogen) atoms. The lowest BCUT2D eigenvalue weighted by Crippen LogP contribution is -2.35. The molecule has 0 saturated heterocycles. The van der Waals surface area contributed by atoms with Crippen molar-refractivity contribution in [2.24, 2.45) is 0 Å². The Labute approximate surface area is 135 Å². The summed E-state index contributed by atoms with van der Waals surface area (Å²) in [7, 11) is 0. The van der Waals surface area contributed by atoms with Crippen molar-refractivity contribution in [3.63, 3.8) is 0 Å². The molecule has 3 nitrogen and oxygen atoms in total. The van der Waals surface area contributed by atoms with Gasteiger partial charge in [-0.15, -0.1) is 0 Å². The SMILES string of the molecule is O=C(NCC1Cc2cc(F)ccc2O1)c1ccccc1C(F)(F)F. The lowest BCUT2D eigenvalue weighted by atomic mass is 10.1. The Morgan fingerprint density at radius 3 is 2.71 bits per heavy atom. The molecule has 2 aromatic carbocycles. The van der Waals surface area contributed by atoms with Crippen LogP contribution in [-0.2, 0) is 12.6 Å². The maximum atomic E-state index is 13.1. The summed E-state index contributed by atoms with van der Waals surface area (Å²) in [6.45, 7) is 0.0291. The molecule has 1 atom stereocenters. The van der Waals surface area contributed by atoms with Gasteiger partial charge in [0, 0.05) is 12.0 Å². The van der Waals surface area contributed by atoms with Crippen molar-refractivity contribution in [3.8, 4) is 5.75 Å². The van der Waals surface area contributed by atoms with Crippen LogP contribution in [0.3, 0.4) is 0 Å². The van der Waals surface area contributed by atoms with E-state index in [1.807, 2.05) is 0 Å². The third kappa shape index (κ3) is 3.34. The van der Waals surface area contributed by atoms with Crippen LogP contribution in [0.15, 0.2) is 42.5 Å². The van der Waals surface area contributed by atoms with E-state index in [1.165, 1.54) is 30.3 Å². The summed E-state index contributed by atoms with van der Waals surface area (Å²) in [5.41, 5.74) is -0.753. The minimum atomic E-state index is -4.61. The molecule has 0 spiro atoms. The van der Waals surface area contributed by atoms with Crippen LogP contribution in [0.2, 0.25) is 0 Å². The zero-order valence-electron chi connectivity index (χ0n) is 12.4. The number of alkyl halides is 3. The van der Waals surface area contributed by atoms with E-state index in [9.17, 15) is 22.4 Å². The van der Waals surface area contributed by atoms with E-state index in [0.717, 1.165) is 12.1 Å². The number of carbonyl (C=O) groups is 1. The van der Waals surface area contributed by atoms with Gasteiger partial charge >= 0.3 is 6.18 Å². The Kier molecular flexibility index (Phi) is 4.17. The largest absolute Gasteiger partial charge is 0.488 e. The van der Waals surface area contributed by atoms with Gasteiger partial charge in [0.25, 0.3) is 5.91 Å². The fourth-order valence-electron chi connectivity index (χ4n) is 2.63. The van der Waals surface area contributed by atoms with Gasteiger partial charge in [0.05, 0.1) is 17.7 Å². The van der Waals surface area contributed by atoms with Crippen molar-refractivity contribution in [2.45, 2.75) is 18.7 Å². The molecule has 1 unspecified atom stereocenters. The van der Waals surface area contributed by atoms with Gasteiger partial charge in [0.15, 0.2) is 0 Å². The second-order valence-electron chi connectivity index (χ2n) is 5.45. The van der Waals surface area contributed by atoms with Gasteiger partial charge in [0.2, 0.25) is 0 Å². The Balaban J connectivity index is 1.66. The van der Waals surface area contributed by atoms with Crippen LogP contribution < -0.4 is 10.1 Å². The molecule has 1 N–H and O–H groups in total. The summed E-state index contributed by atoms with van der Waals surface area (Å²) in [5.74, 6) is -0.693. The third-order valence-electron chi connectivity index (χ3n) is 3.73. The molecular weight excluding hydrogens is 326 g/mol. The van der Waals surface area contributed by atoms with Gasteiger partial charge in [-0.1, -0.05) is 12.1 Å². The molecule has 0 bridgehead atoms. The average Bonchev–Trinajstić information content (AvgIpc) is 2.93. The molecule has 1 aliphatic rings. The summed E-state index contributed by atoms with van der Waals surface area (Å²) in [6, 6.07) is 8.68. The average molecular weight is 339 g/mol. The number of hydrogen-bond acceptors (Lipinski definition) is 2. The van der Waals surface area contributed by atoms with Crippen LogP contribution in [0, 0.1) is 5.82 Å². The lowest BCUT2D eigenvalue weighted by molar-refractivity contribution is -0.137. The van der Waals surface area contributed by atoms with Crippen molar-refractivity contribution in [2.75, 3.05) is 6.54 Å². The second-order valence-corrected chi connectivity index (χ2v) is 5.45. The van der Waals surface area contributed by atoms with E-state index < -0.39 is 29.3 Å². The van der Waals surface area contributed by atoms with Crippen LogP contribution in [0.1, 0.15) is 21.5 Å². The van der Waals surface area contributed by atoms with Gasteiger partial charge in [0.1, 0.15) is 17.7 Å². The Morgan fingerprint density at radius 2 is 1.96 bits per heavy atom. The summed E-state index contributed by atoms with van der Waals surface area (Å²) < 4.78 is 57.5. The molecule has 1 amide bonds. The highest BCUT2D eigenvalue weighted by molar-refractivity contribution is 5.95. The molecule has 0 aromatic heterocycles. The van der Waals surface area contributed by atoms with Gasteiger partial charge < -0.3 is 10.1 Å². The number of carbonyl (C=O) groups excluding carboxylic acids is 1. The van der Waals surface area contributed by atoms with Crippen LogP contribution in [0.4, 0.5) is 17.6 Å². The summed E-state index contributed by atoms with van der Waals surface area (Å²) in [6.07, 6.45) is -4.66. The molecule has 2 aromatic rings. The van der Waals surface area contributed by atoms with Gasteiger partial charge in [-0.2, -0.15) is 13.2 Å². The maximum absolute atomic E-state index is 13.1. The molecule has 0 radical (unpaired) electrons. The van der Waals surface area contributed by atoms with Crippen LogP contribution >= 0.6 is 0 Å². The van der Waals surface area contributed by atoms with Crippen molar-refractivity contribution in [1.29, 1.82) is 0 Å². The van der Waals surface area contributed by atoms with E-state index in [-0.39, 0.29) is 12.4 Å². The normalized spacial score (nSPS) is 16.4. The molecule has 0 saturated carbocycles. The molecule has 7 heteroatoms. The quantitative estimate of drug-likeness (QED) is 0.868. The summed E-state index contributed by atoms with van der Waals surface area (Å²) >= 11 is 0. The molecular formula is C17H13F4NO2. The first-order valence-electron chi connectivity index (χ1n) is 7.24. The zero-order valence-corrected chi connectivity index (χ0v) is 12.4. The number of fused-ring (bicyclic) bond motifs is 1. The molecule has 1 aliphatic heterocycles. The number of hydrogen-bond donors (Lipinski definition) is 1. The van der Waals surface area contributed by atoms with Crippen LogP contribution in [-0.4, -0.2) is 18.6 Å². The number of nitrogens with one attached hydrogen (secondary N) is 1.